The van der Waals surface area contributed by atoms with Crippen LogP contribution in [0, 0.1) is 0 Å². The van der Waals surface area contributed by atoms with E-state index in [-0.39, 0.29) is 12.3 Å². The normalized spacial score (nSPS) is 10.2. The van der Waals surface area contributed by atoms with E-state index in [1.54, 1.807) is 24.3 Å². The first-order valence-corrected chi connectivity index (χ1v) is 5.54. The molecule has 0 bridgehead atoms. The number of benzene rings is 1. The molecule has 0 aliphatic carbocycles. The van der Waals surface area contributed by atoms with Gasteiger partial charge in [0.25, 0.3) is 5.91 Å². The standard InChI is InChI=1S/C13H12N2O4/c1-18-8-11-6-12(15-19-11)13(17)14-10-4-2-3-9(5-10)7-16/h2-7H,8H2,1H3,(H,14,17). The van der Waals surface area contributed by atoms with Crippen molar-refractivity contribution < 1.29 is 18.8 Å². The molecule has 6 heteroatoms. The average Bonchev–Trinajstić information content (AvgIpc) is 2.88. The summed E-state index contributed by atoms with van der Waals surface area (Å²) >= 11 is 0. The van der Waals surface area contributed by atoms with Crippen LogP contribution in [-0.2, 0) is 11.3 Å². The number of methoxy groups -OCH3 is 1. The average molecular weight is 260 g/mol. The Morgan fingerprint density at radius 2 is 2.32 bits per heavy atom. The highest BCUT2D eigenvalue weighted by Gasteiger charge is 2.12. The second kappa shape index (κ2) is 5.92. The van der Waals surface area contributed by atoms with Gasteiger partial charge in [-0.05, 0) is 12.1 Å². The van der Waals surface area contributed by atoms with Crippen LogP contribution in [0.4, 0.5) is 5.69 Å². The van der Waals surface area contributed by atoms with Crippen LogP contribution in [-0.4, -0.2) is 24.5 Å². The minimum atomic E-state index is -0.408. The van der Waals surface area contributed by atoms with Crippen LogP contribution in [0.1, 0.15) is 26.6 Å². The highest BCUT2D eigenvalue weighted by atomic mass is 16.5. The van der Waals surface area contributed by atoms with Gasteiger partial charge >= 0.3 is 0 Å². The number of hydrogen-bond donors (Lipinski definition) is 1. The Labute approximate surface area is 109 Å². The molecule has 1 aromatic heterocycles. The van der Waals surface area contributed by atoms with E-state index in [1.807, 2.05) is 0 Å². The van der Waals surface area contributed by atoms with Gasteiger partial charge in [-0.15, -0.1) is 0 Å². The van der Waals surface area contributed by atoms with Crippen LogP contribution < -0.4 is 5.32 Å². The molecule has 98 valence electrons. The second-order valence-corrected chi connectivity index (χ2v) is 3.81. The molecule has 2 aromatic rings. The van der Waals surface area contributed by atoms with Crippen molar-refractivity contribution in [1.82, 2.24) is 5.16 Å². The number of nitrogens with zero attached hydrogens (tertiary/aromatic N) is 1. The van der Waals surface area contributed by atoms with Gasteiger partial charge in [0.2, 0.25) is 0 Å². The van der Waals surface area contributed by atoms with E-state index in [9.17, 15) is 9.59 Å². The lowest BCUT2D eigenvalue weighted by Gasteiger charge is -2.02. The maximum Gasteiger partial charge on any atom is 0.277 e. The summed E-state index contributed by atoms with van der Waals surface area (Å²) in [6.07, 6.45) is 0.711. The fraction of sp³-hybridized carbons (Fsp3) is 0.154. The van der Waals surface area contributed by atoms with Crippen molar-refractivity contribution in [2.45, 2.75) is 6.61 Å². The van der Waals surface area contributed by atoms with Crippen molar-refractivity contribution >= 4 is 17.9 Å². The van der Waals surface area contributed by atoms with Crippen molar-refractivity contribution in [3.63, 3.8) is 0 Å². The monoisotopic (exact) mass is 260 g/mol. The summed E-state index contributed by atoms with van der Waals surface area (Å²) < 4.78 is 9.78. The third-order valence-electron chi connectivity index (χ3n) is 2.36. The molecular weight excluding hydrogens is 248 g/mol. The van der Waals surface area contributed by atoms with Crippen molar-refractivity contribution in [3.8, 4) is 0 Å². The quantitative estimate of drug-likeness (QED) is 0.830. The number of ether oxygens (including phenoxy) is 1. The maximum absolute atomic E-state index is 11.9. The fourth-order valence-electron chi connectivity index (χ4n) is 1.52. The zero-order chi connectivity index (χ0) is 13.7. The highest BCUT2D eigenvalue weighted by Crippen LogP contribution is 2.12. The van der Waals surface area contributed by atoms with Crippen molar-refractivity contribution in [3.05, 3.63) is 47.3 Å². The molecule has 1 amide bonds. The molecule has 0 unspecified atom stereocenters. The summed E-state index contributed by atoms with van der Waals surface area (Å²) in [5.41, 5.74) is 1.16. The number of aromatic nitrogens is 1. The molecule has 0 saturated carbocycles. The molecule has 0 aliphatic rings. The van der Waals surface area contributed by atoms with E-state index >= 15 is 0 Å². The number of nitrogens with one attached hydrogen (secondary N) is 1. The van der Waals surface area contributed by atoms with Crippen LogP contribution in [0.2, 0.25) is 0 Å². The third-order valence-corrected chi connectivity index (χ3v) is 2.36. The van der Waals surface area contributed by atoms with Crippen LogP contribution in [0.5, 0.6) is 0 Å². The summed E-state index contributed by atoms with van der Waals surface area (Å²) in [6, 6.07) is 8.08. The molecule has 1 heterocycles. The molecular formula is C13H12N2O4. The molecule has 0 spiro atoms. The van der Waals surface area contributed by atoms with Crippen LogP contribution in [0.25, 0.3) is 0 Å². The molecule has 0 saturated heterocycles. The van der Waals surface area contributed by atoms with Crippen LogP contribution in [0.3, 0.4) is 0 Å². The summed E-state index contributed by atoms with van der Waals surface area (Å²) in [7, 11) is 1.52. The van der Waals surface area contributed by atoms with E-state index in [0.29, 0.717) is 23.3 Å². The van der Waals surface area contributed by atoms with Crippen molar-refractivity contribution in [2.75, 3.05) is 12.4 Å². The van der Waals surface area contributed by atoms with Crippen LogP contribution >= 0.6 is 0 Å². The van der Waals surface area contributed by atoms with Gasteiger partial charge in [0.05, 0.1) is 0 Å². The van der Waals surface area contributed by atoms with E-state index < -0.39 is 5.91 Å². The number of carbonyl (C=O) groups excluding carboxylic acids is 2. The Hall–Kier alpha value is -2.47. The summed E-state index contributed by atoms with van der Waals surface area (Å²) in [6.45, 7) is 0.251. The van der Waals surface area contributed by atoms with E-state index in [1.165, 1.54) is 13.2 Å². The topological polar surface area (TPSA) is 81.4 Å². The van der Waals surface area contributed by atoms with Gasteiger partial charge in [-0.3, -0.25) is 9.59 Å². The van der Waals surface area contributed by atoms with E-state index in [0.717, 1.165) is 0 Å². The van der Waals surface area contributed by atoms with Gasteiger partial charge in [0.1, 0.15) is 12.9 Å². The minimum absolute atomic E-state index is 0.156. The lowest BCUT2D eigenvalue weighted by Crippen LogP contribution is -2.12. The first-order valence-electron chi connectivity index (χ1n) is 5.54. The second-order valence-electron chi connectivity index (χ2n) is 3.81. The Morgan fingerprint density at radius 1 is 1.47 bits per heavy atom. The number of amides is 1. The molecule has 6 nitrogen and oxygen atoms in total. The Kier molecular flexibility index (Phi) is 4.04. The summed E-state index contributed by atoms with van der Waals surface area (Å²) in [5, 5.41) is 6.26. The third kappa shape index (κ3) is 3.26. The molecule has 0 radical (unpaired) electrons. The van der Waals surface area contributed by atoms with Gasteiger partial charge in [0.15, 0.2) is 11.5 Å². The number of carbonyl (C=O) groups is 2. The van der Waals surface area contributed by atoms with Gasteiger partial charge in [-0.2, -0.15) is 0 Å². The minimum Gasteiger partial charge on any atom is -0.377 e. The number of anilines is 1. The zero-order valence-electron chi connectivity index (χ0n) is 10.3. The predicted octanol–water partition coefficient (Wildman–Crippen LogP) is 1.89. The van der Waals surface area contributed by atoms with E-state index in [4.69, 9.17) is 9.26 Å². The fourth-order valence-corrected chi connectivity index (χ4v) is 1.52. The van der Waals surface area contributed by atoms with Crippen molar-refractivity contribution in [2.24, 2.45) is 0 Å². The maximum atomic E-state index is 11.9. The van der Waals surface area contributed by atoms with Crippen molar-refractivity contribution in [1.29, 1.82) is 0 Å². The molecule has 0 fully saturated rings. The SMILES string of the molecule is COCc1cc(C(=O)Nc2cccc(C=O)c2)no1. The number of aldehydes is 1. The molecule has 1 N–H and O–H groups in total. The number of hydrogen-bond acceptors (Lipinski definition) is 5. The number of rotatable bonds is 5. The summed E-state index contributed by atoms with van der Waals surface area (Å²) in [4.78, 5) is 22.5. The largest absolute Gasteiger partial charge is 0.377 e. The first-order chi connectivity index (χ1) is 9.22. The summed E-state index contributed by atoms with van der Waals surface area (Å²) in [5.74, 6) is 0.0587. The van der Waals surface area contributed by atoms with Gasteiger partial charge in [-0.25, -0.2) is 0 Å². The molecule has 19 heavy (non-hydrogen) atoms. The highest BCUT2D eigenvalue weighted by molar-refractivity contribution is 6.03. The smallest absolute Gasteiger partial charge is 0.277 e. The molecule has 0 aliphatic heterocycles. The first kappa shape index (κ1) is 13.0. The Bertz CT molecular complexity index is 592. The van der Waals surface area contributed by atoms with Gasteiger partial charge in [-0.1, -0.05) is 17.3 Å². The Morgan fingerprint density at radius 3 is 3.05 bits per heavy atom. The van der Waals surface area contributed by atoms with Gasteiger partial charge in [0, 0.05) is 24.4 Å². The molecule has 1 aromatic carbocycles. The zero-order valence-corrected chi connectivity index (χ0v) is 10.3. The van der Waals surface area contributed by atoms with Gasteiger partial charge < -0.3 is 14.6 Å². The molecule has 2 rings (SSSR count). The lowest BCUT2D eigenvalue weighted by atomic mass is 10.2. The molecule has 0 atom stereocenters. The van der Waals surface area contributed by atoms with E-state index in [2.05, 4.69) is 10.5 Å². The lowest BCUT2D eigenvalue weighted by molar-refractivity contribution is 0.101. The van der Waals surface area contributed by atoms with Crippen LogP contribution in [0.15, 0.2) is 34.9 Å². The predicted molar refractivity (Wildman–Crippen MR) is 67.0 cm³/mol. The Balaban J connectivity index is 2.08.